The number of fused-ring (bicyclic) bond motifs is 1. The molecule has 1 N–H and O–H groups in total. The number of imidazole rings is 1. The second kappa shape index (κ2) is 5.68. The highest BCUT2D eigenvalue weighted by molar-refractivity contribution is 5.97. The van der Waals surface area contributed by atoms with Gasteiger partial charge in [-0.05, 0) is 12.1 Å². The molecule has 0 aliphatic rings. The van der Waals surface area contributed by atoms with E-state index in [1.165, 1.54) is 18.3 Å². The lowest BCUT2D eigenvalue weighted by Gasteiger charge is -2.16. The molecule has 2 aromatic heterocycles. The molecule has 0 saturated heterocycles. The lowest BCUT2D eigenvalue weighted by Crippen LogP contribution is -2.35. The number of halogens is 3. The number of amides is 1. The number of hydrogen-bond acceptors (Lipinski definition) is 3. The highest BCUT2D eigenvalue weighted by atomic mass is 19.4. The Morgan fingerprint density at radius 2 is 1.83 bits per heavy atom. The number of ketones is 1. The molecule has 8 heteroatoms. The van der Waals surface area contributed by atoms with Crippen LogP contribution in [0.4, 0.5) is 13.2 Å². The number of nitrogens with one attached hydrogen (secondary N) is 1. The van der Waals surface area contributed by atoms with Gasteiger partial charge in [-0.15, -0.1) is 0 Å². The van der Waals surface area contributed by atoms with Gasteiger partial charge in [0.05, 0.1) is 12.1 Å². The number of Topliss-reactive ketones (excluding diaryl/α,β-unsaturated/α-hetero) is 1. The first-order valence-corrected chi connectivity index (χ1v) is 6.86. The number of rotatable bonds is 3. The zero-order chi connectivity index (χ0) is 17.4. The fourth-order valence-electron chi connectivity index (χ4n) is 1.79. The third-order valence-electron chi connectivity index (χ3n) is 3.25. The summed E-state index contributed by atoms with van der Waals surface area (Å²) in [4.78, 5) is 27.2. The van der Waals surface area contributed by atoms with Gasteiger partial charge in [-0.25, -0.2) is 4.98 Å². The fraction of sp³-hybridized carbons (Fsp3) is 0.400. The van der Waals surface area contributed by atoms with Crippen molar-refractivity contribution in [2.24, 2.45) is 5.41 Å². The zero-order valence-corrected chi connectivity index (χ0v) is 12.9. The number of hydrogen-bond donors (Lipinski definition) is 1. The van der Waals surface area contributed by atoms with E-state index in [0.717, 1.165) is 10.6 Å². The van der Waals surface area contributed by atoms with Crippen molar-refractivity contribution >= 4 is 17.3 Å². The lowest BCUT2D eigenvalue weighted by molar-refractivity contribution is -0.140. The molecule has 124 valence electrons. The van der Waals surface area contributed by atoms with E-state index in [-0.39, 0.29) is 23.5 Å². The number of aromatic nitrogens is 2. The van der Waals surface area contributed by atoms with Crippen LogP contribution in [0.15, 0.2) is 24.5 Å². The topological polar surface area (TPSA) is 63.5 Å². The summed E-state index contributed by atoms with van der Waals surface area (Å²) in [5, 5.41) is 2.46. The summed E-state index contributed by atoms with van der Waals surface area (Å²) in [5.41, 5.74) is -1.38. The highest BCUT2D eigenvalue weighted by Crippen LogP contribution is 2.28. The third-order valence-corrected chi connectivity index (χ3v) is 3.25. The third kappa shape index (κ3) is 3.88. The van der Waals surface area contributed by atoms with Gasteiger partial charge in [-0.3, -0.25) is 9.59 Å². The SMILES string of the molecule is CC(C)(C)C(=O)CNC(=O)c1ccc2nc(C(F)(F)F)cn2c1. The number of nitrogens with zero attached hydrogens (tertiary/aromatic N) is 2. The van der Waals surface area contributed by atoms with Crippen molar-refractivity contribution in [2.45, 2.75) is 26.9 Å². The summed E-state index contributed by atoms with van der Waals surface area (Å²) in [7, 11) is 0. The van der Waals surface area contributed by atoms with Crippen LogP contribution in [-0.4, -0.2) is 27.6 Å². The first-order chi connectivity index (χ1) is 10.5. The molecule has 0 fully saturated rings. The van der Waals surface area contributed by atoms with Crippen LogP contribution in [0.1, 0.15) is 36.8 Å². The first-order valence-electron chi connectivity index (χ1n) is 6.86. The largest absolute Gasteiger partial charge is 0.434 e. The molecule has 2 aromatic rings. The van der Waals surface area contributed by atoms with E-state index < -0.39 is 23.2 Å². The molecule has 5 nitrogen and oxygen atoms in total. The maximum atomic E-state index is 12.6. The Hall–Kier alpha value is -2.38. The van der Waals surface area contributed by atoms with Gasteiger partial charge in [-0.2, -0.15) is 13.2 Å². The number of alkyl halides is 3. The van der Waals surface area contributed by atoms with Crippen LogP contribution < -0.4 is 5.32 Å². The van der Waals surface area contributed by atoms with Crippen LogP contribution in [0.3, 0.4) is 0 Å². The van der Waals surface area contributed by atoms with E-state index in [0.29, 0.717) is 0 Å². The average molecular weight is 327 g/mol. The van der Waals surface area contributed by atoms with Gasteiger partial charge in [0.2, 0.25) is 0 Å². The van der Waals surface area contributed by atoms with Crippen LogP contribution in [0, 0.1) is 5.41 Å². The molecule has 0 atom stereocenters. The number of carbonyl (C=O) groups is 2. The lowest BCUT2D eigenvalue weighted by atomic mass is 9.91. The van der Waals surface area contributed by atoms with Gasteiger partial charge in [-0.1, -0.05) is 20.8 Å². The van der Waals surface area contributed by atoms with Crippen molar-refractivity contribution in [3.8, 4) is 0 Å². The van der Waals surface area contributed by atoms with E-state index in [1.54, 1.807) is 20.8 Å². The maximum absolute atomic E-state index is 12.6. The van der Waals surface area contributed by atoms with Gasteiger partial charge >= 0.3 is 6.18 Å². The summed E-state index contributed by atoms with van der Waals surface area (Å²) < 4.78 is 39.0. The Bertz CT molecular complexity index is 757. The quantitative estimate of drug-likeness (QED) is 0.943. The normalized spacial score (nSPS) is 12.4. The summed E-state index contributed by atoms with van der Waals surface area (Å²) in [6, 6.07) is 2.68. The summed E-state index contributed by atoms with van der Waals surface area (Å²) in [6.07, 6.45) is -2.49. The summed E-state index contributed by atoms with van der Waals surface area (Å²) >= 11 is 0. The Labute approximate surface area is 130 Å². The fourth-order valence-corrected chi connectivity index (χ4v) is 1.79. The Morgan fingerprint density at radius 3 is 2.39 bits per heavy atom. The molecule has 0 radical (unpaired) electrons. The minimum Gasteiger partial charge on any atom is -0.345 e. The predicted octanol–water partition coefficient (Wildman–Crippen LogP) is 2.70. The molecule has 2 heterocycles. The van der Waals surface area contributed by atoms with E-state index in [9.17, 15) is 22.8 Å². The van der Waals surface area contributed by atoms with Crippen LogP contribution in [-0.2, 0) is 11.0 Å². The summed E-state index contributed by atoms with van der Waals surface area (Å²) in [5.74, 6) is -0.680. The monoisotopic (exact) mass is 327 g/mol. The Kier molecular flexibility index (Phi) is 4.19. The first kappa shape index (κ1) is 17.0. The Morgan fingerprint density at radius 1 is 1.17 bits per heavy atom. The molecule has 2 rings (SSSR count). The van der Waals surface area contributed by atoms with Gasteiger partial charge in [0, 0.05) is 17.8 Å². The van der Waals surface area contributed by atoms with E-state index in [4.69, 9.17) is 0 Å². The molecule has 0 unspecified atom stereocenters. The second-order valence-electron chi connectivity index (χ2n) is 6.16. The molecule has 23 heavy (non-hydrogen) atoms. The van der Waals surface area contributed by atoms with Crippen molar-refractivity contribution in [3.63, 3.8) is 0 Å². The van der Waals surface area contributed by atoms with Gasteiger partial charge < -0.3 is 9.72 Å². The van der Waals surface area contributed by atoms with E-state index in [1.807, 2.05) is 0 Å². The van der Waals surface area contributed by atoms with Crippen LogP contribution in [0.25, 0.3) is 5.65 Å². The average Bonchev–Trinajstić information content (AvgIpc) is 2.86. The molecule has 0 spiro atoms. The van der Waals surface area contributed by atoms with Crippen molar-refractivity contribution in [1.82, 2.24) is 14.7 Å². The van der Waals surface area contributed by atoms with Crippen molar-refractivity contribution < 1.29 is 22.8 Å². The van der Waals surface area contributed by atoms with Crippen LogP contribution >= 0.6 is 0 Å². The molecule has 0 saturated carbocycles. The van der Waals surface area contributed by atoms with Gasteiger partial charge in [0.1, 0.15) is 5.65 Å². The van der Waals surface area contributed by atoms with Gasteiger partial charge in [0.15, 0.2) is 11.5 Å². The minimum atomic E-state index is -4.55. The zero-order valence-electron chi connectivity index (χ0n) is 12.9. The standard InChI is InChI=1S/C15H16F3N3O2/c1-14(2,3)11(22)6-19-13(23)9-4-5-12-20-10(15(16,17)18)8-21(12)7-9/h4-5,7-8H,6H2,1-3H3,(H,19,23). The molecule has 0 bridgehead atoms. The van der Waals surface area contributed by atoms with E-state index in [2.05, 4.69) is 10.3 Å². The molecule has 0 aliphatic carbocycles. The Balaban J connectivity index is 2.17. The predicted molar refractivity (Wildman–Crippen MR) is 77.0 cm³/mol. The van der Waals surface area contributed by atoms with Crippen LogP contribution in [0.5, 0.6) is 0 Å². The molecule has 0 aliphatic heterocycles. The number of carbonyl (C=O) groups excluding carboxylic acids is 2. The van der Waals surface area contributed by atoms with Crippen molar-refractivity contribution in [2.75, 3.05) is 6.54 Å². The smallest absolute Gasteiger partial charge is 0.345 e. The van der Waals surface area contributed by atoms with Crippen molar-refractivity contribution in [3.05, 3.63) is 35.8 Å². The molecule has 1 amide bonds. The van der Waals surface area contributed by atoms with Crippen molar-refractivity contribution in [1.29, 1.82) is 0 Å². The van der Waals surface area contributed by atoms with E-state index >= 15 is 0 Å². The minimum absolute atomic E-state index is 0.0830. The second-order valence-corrected chi connectivity index (χ2v) is 6.16. The molecule has 0 aromatic carbocycles. The summed E-state index contributed by atoms with van der Waals surface area (Å²) in [6.45, 7) is 5.06. The van der Waals surface area contributed by atoms with Gasteiger partial charge in [0.25, 0.3) is 5.91 Å². The number of pyridine rings is 1. The molecular formula is C15H16F3N3O2. The molecular weight excluding hydrogens is 311 g/mol. The highest BCUT2D eigenvalue weighted by Gasteiger charge is 2.34. The maximum Gasteiger partial charge on any atom is 0.434 e. The van der Waals surface area contributed by atoms with Crippen LogP contribution in [0.2, 0.25) is 0 Å².